The average Bonchev–Trinajstić information content (AvgIpc) is 2.76. The quantitative estimate of drug-likeness (QED) is 0.532. The number of hydrogen-bond donors (Lipinski definition) is 1. The molecule has 0 unspecified atom stereocenters. The molecule has 2 aromatic rings. The van der Waals surface area contributed by atoms with Gasteiger partial charge < -0.3 is 14.5 Å². The zero-order valence-corrected chi connectivity index (χ0v) is 12.4. The molecule has 1 aromatic carbocycles. The molecule has 0 saturated heterocycles. The Morgan fingerprint density at radius 1 is 1.25 bits per heavy atom. The van der Waals surface area contributed by atoms with Crippen molar-refractivity contribution in [2.24, 2.45) is 0 Å². The van der Waals surface area contributed by atoms with Crippen LogP contribution < -0.4 is 9.47 Å². The number of imidazole rings is 1. The molecule has 0 atom stereocenters. The number of hydrogen-bond acceptors (Lipinski definition) is 6. The van der Waals surface area contributed by atoms with Crippen molar-refractivity contribution in [2.45, 2.75) is 25.9 Å². The number of ether oxygens (including phenoxy) is 2. The standard InChI is InChI=1S/C13H14N2O4S/c1-6-11-9(14-13(15-11)20-4)5-10(18-7(2)16)12(6)19-8(3)17/h5H,1-4H3,(H,14,15). The van der Waals surface area contributed by atoms with Gasteiger partial charge in [-0.05, 0) is 13.2 Å². The molecular weight excluding hydrogens is 280 g/mol. The van der Waals surface area contributed by atoms with E-state index in [2.05, 4.69) is 9.97 Å². The average molecular weight is 294 g/mol. The van der Waals surface area contributed by atoms with Gasteiger partial charge in [0.1, 0.15) is 0 Å². The van der Waals surface area contributed by atoms with E-state index in [1.807, 2.05) is 6.26 Å². The van der Waals surface area contributed by atoms with Gasteiger partial charge in [-0.15, -0.1) is 0 Å². The Labute approximate surface area is 119 Å². The lowest BCUT2D eigenvalue weighted by Crippen LogP contribution is -2.08. The summed E-state index contributed by atoms with van der Waals surface area (Å²) in [5.41, 5.74) is 2.05. The second-order valence-corrected chi connectivity index (χ2v) is 4.95. The highest BCUT2D eigenvalue weighted by Gasteiger charge is 2.19. The third-order valence-corrected chi connectivity index (χ3v) is 3.18. The van der Waals surface area contributed by atoms with E-state index >= 15 is 0 Å². The number of rotatable bonds is 3. The number of thioether (sulfide) groups is 1. The maximum absolute atomic E-state index is 11.2. The van der Waals surface area contributed by atoms with E-state index in [-0.39, 0.29) is 11.5 Å². The molecule has 0 saturated carbocycles. The minimum atomic E-state index is -0.485. The van der Waals surface area contributed by atoms with E-state index in [1.165, 1.54) is 25.6 Å². The van der Waals surface area contributed by atoms with Gasteiger partial charge in [0.05, 0.1) is 11.0 Å². The summed E-state index contributed by atoms with van der Waals surface area (Å²) in [5, 5.41) is 0.733. The zero-order valence-electron chi connectivity index (χ0n) is 11.6. The minimum Gasteiger partial charge on any atom is -0.423 e. The maximum Gasteiger partial charge on any atom is 0.308 e. The molecule has 0 amide bonds. The Bertz CT molecular complexity index is 693. The lowest BCUT2D eigenvalue weighted by atomic mass is 10.1. The molecule has 0 radical (unpaired) electrons. The van der Waals surface area contributed by atoms with Crippen molar-refractivity contribution in [3.05, 3.63) is 11.6 Å². The summed E-state index contributed by atoms with van der Waals surface area (Å²) in [6.45, 7) is 4.34. The van der Waals surface area contributed by atoms with Crippen molar-refractivity contribution in [2.75, 3.05) is 6.26 Å². The van der Waals surface area contributed by atoms with Crippen LogP contribution in [0, 0.1) is 6.92 Å². The molecule has 6 nitrogen and oxygen atoms in total. The van der Waals surface area contributed by atoms with Gasteiger partial charge in [-0.25, -0.2) is 4.98 Å². The molecular formula is C13H14N2O4S. The maximum atomic E-state index is 11.2. The topological polar surface area (TPSA) is 81.3 Å². The third-order valence-electron chi connectivity index (χ3n) is 2.60. The van der Waals surface area contributed by atoms with Crippen molar-refractivity contribution in [1.29, 1.82) is 0 Å². The summed E-state index contributed by atoms with van der Waals surface area (Å²) in [6.07, 6.45) is 1.90. The predicted octanol–water partition coefficient (Wildman–Crippen LogP) is 2.44. The molecule has 20 heavy (non-hydrogen) atoms. The summed E-state index contributed by atoms with van der Waals surface area (Å²) in [4.78, 5) is 29.9. The van der Waals surface area contributed by atoms with Gasteiger partial charge in [-0.2, -0.15) is 0 Å². The number of fused-ring (bicyclic) bond motifs is 1. The number of benzene rings is 1. The van der Waals surface area contributed by atoms with Gasteiger partial charge >= 0.3 is 11.9 Å². The van der Waals surface area contributed by atoms with E-state index in [9.17, 15) is 9.59 Å². The highest BCUT2D eigenvalue weighted by molar-refractivity contribution is 7.98. The number of aryl methyl sites for hydroxylation is 1. The van der Waals surface area contributed by atoms with Crippen LogP contribution in [0.15, 0.2) is 11.2 Å². The Morgan fingerprint density at radius 2 is 1.90 bits per heavy atom. The normalized spacial score (nSPS) is 10.6. The van der Waals surface area contributed by atoms with Crippen molar-refractivity contribution < 1.29 is 19.1 Å². The second-order valence-electron chi connectivity index (χ2n) is 4.16. The predicted molar refractivity (Wildman–Crippen MR) is 75.2 cm³/mol. The Hall–Kier alpha value is -2.02. The van der Waals surface area contributed by atoms with Gasteiger partial charge in [0.15, 0.2) is 16.7 Å². The van der Waals surface area contributed by atoms with Gasteiger partial charge in [0, 0.05) is 25.5 Å². The summed E-state index contributed by atoms with van der Waals surface area (Å²) in [7, 11) is 0. The molecule has 7 heteroatoms. The van der Waals surface area contributed by atoms with Crippen molar-refractivity contribution in [3.63, 3.8) is 0 Å². The molecule has 0 aliphatic rings. The summed E-state index contributed by atoms with van der Waals surface area (Å²) in [6, 6.07) is 1.61. The second kappa shape index (κ2) is 5.54. The fourth-order valence-electron chi connectivity index (χ4n) is 1.84. The highest BCUT2D eigenvalue weighted by atomic mass is 32.2. The Kier molecular flexibility index (Phi) is 3.99. The van der Waals surface area contributed by atoms with Crippen LogP contribution in [0.5, 0.6) is 11.5 Å². The number of nitrogens with one attached hydrogen (secondary N) is 1. The van der Waals surface area contributed by atoms with E-state index < -0.39 is 11.9 Å². The van der Waals surface area contributed by atoms with Crippen LogP contribution in [-0.2, 0) is 9.59 Å². The van der Waals surface area contributed by atoms with Crippen LogP contribution in [-0.4, -0.2) is 28.2 Å². The van der Waals surface area contributed by atoms with E-state index in [0.29, 0.717) is 11.1 Å². The lowest BCUT2D eigenvalue weighted by molar-refractivity contribution is -0.134. The number of carbonyl (C=O) groups is 2. The van der Waals surface area contributed by atoms with Gasteiger partial charge in [0.2, 0.25) is 0 Å². The number of H-pyrrole nitrogens is 1. The van der Waals surface area contributed by atoms with E-state index in [0.717, 1.165) is 10.7 Å². The largest absolute Gasteiger partial charge is 0.423 e. The number of aromatic nitrogens is 2. The van der Waals surface area contributed by atoms with Crippen LogP contribution in [0.3, 0.4) is 0 Å². The fourth-order valence-corrected chi connectivity index (χ4v) is 2.24. The first-order valence-electron chi connectivity index (χ1n) is 5.86. The number of carbonyl (C=O) groups excluding carboxylic acids is 2. The molecule has 0 spiro atoms. The van der Waals surface area contributed by atoms with Gasteiger partial charge in [0.25, 0.3) is 0 Å². The van der Waals surface area contributed by atoms with Crippen LogP contribution in [0.1, 0.15) is 19.4 Å². The van der Waals surface area contributed by atoms with E-state index in [1.54, 1.807) is 13.0 Å². The highest BCUT2D eigenvalue weighted by Crippen LogP contribution is 2.37. The third kappa shape index (κ3) is 2.77. The van der Waals surface area contributed by atoms with Gasteiger partial charge in [-0.1, -0.05) is 11.8 Å². The number of aromatic amines is 1. The first-order chi connectivity index (χ1) is 9.42. The monoisotopic (exact) mass is 294 g/mol. The van der Waals surface area contributed by atoms with Crippen LogP contribution in [0.2, 0.25) is 0 Å². The first-order valence-corrected chi connectivity index (χ1v) is 7.09. The molecule has 0 fully saturated rings. The molecule has 0 aliphatic heterocycles. The van der Waals surface area contributed by atoms with Gasteiger partial charge in [-0.3, -0.25) is 9.59 Å². The van der Waals surface area contributed by atoms with Crippen molar-refractivity contribution >= 4 is 34.7 Å². The van der Waals surface area contributed by atoms with Crippen molar-refractivity contribution in [3.8, 4) is 11.5 Å². The Balaban J connectivity index is 2.66. The minimum absolute atomic E-state index is 0.203. The first kappa shape index (κ1) is 14.4. The van der Waals surface area contributed by atoms with Crippen molar-refractivity contribution in [1.82, 2.24) is 9.97 Å². The van der Waals surface area contributed by atoms with E-state index in [4.69, 9.17) is 9.47 Å². The molecule has 0 bridgehead atoms. The number of esters is 2. The summed E-state index contributed by atoms with van der Waals surface area (Å²) in [5.74, 6) is -0.545. The fraction of sp³-hybridized carbons (Fsp3) is 0.308. The summed E-state index contributed by atoms with van der Waals surface area (Å²) < 4.78 is 10.3. The smallest absolute Gasteiger partial charge is 0.308 e. The molecule has 106 valence electrons. The number of nitrogens with zero attached hydrogens (tertiary/aromatic N) is 1. The summed E-state index contributed by atoms with van der Waals surface area (Å²) >= 11 is 1.46. The molecule has 0 aliphatic carbocycles. The molecule has 1 N–H and O–H groups in total. The van der Waals surface area contributed by atoms with Crippen LogP contribution >= 0.6 is 11.8 Å². The molecule has 1 aromatic heterocycles. The van der Waals surface area contributed by atoms with Crippen LogP contribution in [0.4, 0.5) is 0 Å². The zero-order chi connectivity index (χ0) is 14.9. The Morgan fingerprint density at radius 3 is 2.45 bits per heavy atom. The lowest BCUT2D eigenvalue weighted by Gasteiger charge is -2.11. The SMILES string of the molecule is CSc1nc2c(C)c(OC(C)=O)c(OC(C)=O)cc2[nH]1. The molecule has 1 heterocycles. The molecule has 2 rings (SSSR count). The van der Waals surface area contributed by atoms with Crippen LogP contribution in [0.25, 0.3) is 11.0 Å².